The fourth-order valence-electron chi connectivity index (χ4n) is 2.20. The summed E-state index contributed by atoms with van der Waals surface area (Å²) in [7, 11) is 0. The number of aliphatic carboxylic acids is 1. The minimum atomic E-state index is -0.915. The molecule has 0 fully saturated rings. The number of rotatable bonds is 4. The van der Waals surface area contributed by atoms with Gasteiger partial charge in [-0.05, 0) is 40.6 Å². The van der Waals surface area contributed by atoms with Crippen molar-refractivity contribution in [2.45, 2.75) is 4.90 Å². The second-order valence-corrected chi connectivity index (χ2v) is 5.95. The van der Waals surface area contributed by atoms with Crippen molar-refractivity contribution in [1.29, 1.82) is 0 Å². The molecule has 3 heteroatoms. The van der Waals surface area contributed by atoms with Crippen molar-refractivity contribution in [3.63, 3.8) is 0 Å². The van der Waals surface area contributed by atoms with Crippen LogP contribution in [-0.2, 0) is 4.79 Å². The third kappa shape index (κ3) is 3.38. The fourth-order valence-corrected chi connectivity index (χ4v) is 3.03. The number of fused-ring (bicyclic) bond motifs is 1. The molecule has 2 nitrogen and oxygen atoms in total. The minimum absolute atomic E-state index is 0.307. The number of carboxylic acids is 1. The van der Waals surface area contributed by atoms with Gasteiger partial charge in [-0.2, -0.15) is 0 Å². The lowest BCUT2D eigenvalue weighted by atomic mass is 10.1. The Hall–Kier alpha value is -2.52. The van der Waals surface area contributed by atoms with Crippen LogP contribution >= 0.6 is 11.8 Å². The van der Waals surface area contributed by atoms with Gasteiger partial charge in [0.25, 0.3) is 0 Å². The van der Waals surface area contributed by atoms with Gasteiger partial charge < -0.3 is 5.11 Å². The first-order valence-electron chi connectivity index (χ1n) is 6.89. The monoisotopic (exact) mass is 306 g/mol. The zero-order valence-electron chi connectivity index (χ0n) is 11.8. The summed E-state index contributed by atoms with van der Waals surface area (Å²) in [6.45, 7) is 0. The Morgan fingerprint density at radius 3 is 2.27 bits per heavy atom. The SMILES string of the molecule is O=C(O)/C(=C/c1ccc2ccccc2c1)Sc1ccccc1. The summed E-state index contributed by atoms with van der Waals surface area (Å²) in [6.07, 6.45) is 1.71. The van der Waals surface area contributed by atoms with Crippen molar-refractivity contribution >= 4 is 34.6 Å². The van der Waals surface area contributed by atoms with Crippen molar-refractivity contribution in [2.75, 3.05) is 0 Å². The molecule has 0 bridgehead atoms. The second kappa shape index (κ2) is 6.50. The lowest BCUT2D eigenvalue weighted by Gasteiger charge is -2.04. The lowest BCUT2D eigenvalue weighted by Crippen LogP contribution is -1.96. The van der Waals surface area contributed by atoms with Crippen molar-refractivity contribution in [3.8, 4) is 0 Å². The Kier molecular flexibility index (Phi) is 4.26. The van der Waals surface area contributed by atoms with E-state index >= 15 is 0 Å². The van der Waals surface area contributed by atoms with Crippen molar-refractivity contribution in [1.82, 2.24) is 0 Å². The lowest BCUT2D eigenvalue weighted by molar-refractivity contribution is -0.131. The van der Waals surface area contributed by atoms with Gasteiger partial charge in [-0.3, -0.25) is 0 Å². The molecule has 0 aromatic heterocycles. The van der Waals surface area contributed by atoms with E-state index in [1.807, 2.05) is 72.8 Å². The smallest absolute Gasteiger partial charge is 0.342 e. The molecule has 0 aliphatic heterocycles. The van der Waals surface area contributed by atoms with E-state index < -0.39 is 5.97 Å². The molecule has 108 valence electrons. The standard InChI is InChI=1S/C19H14O2S/c20-19(21)18(22-17-8-2-1-3-9-17)13-14-10-11-15-6-4-5-7-16(15)12-14/h1-13H,(H,20,21)/b18-13-. The molecular formula is C19H14O2S. The molecule has 3 aromatic rings. The van der Waals surface area contributed by atoms with Crippen LogP contribution in [-0.4, -0.2) is 11.1 Å². The van der Waals surface area contributed by atoms with Gasteiger partial charge in [0.1, 0.15) is 0 Å². The highest BCUT2D eigenvalue weighted by atomic mass is 32.2. The number of benzene rings is 3. The minimum Gasteiger partial charge on any atom is -0.477 e. The molecule has 1 N–H and O–H groups in total. The van der Waals surface area contributed by atoms with Gasteiger partial charge in [0.2, 0.25) is 0 Å². The van der Waals surface area contributed by atoms with Crippen LogP contribution in [0.1, 0.15) is 5.56 Å². The van der Waals surface area contributed by atoms with E-state index in [1.54, 1.807) is 6.08 Å². The molecule has 3 rings (SSSR count). The highest BCUT2D eigenvalue weighted by Gasteiger charge is 2.09. The van der Waals surface area contributed by atoms with E-state index in [2.05, 4.69) is 0 Å². The molecular weight excluding hydrogens is 292 g/mol. The van der Waals surface area contributed by atoms with E-state index in [-0.39, 0.29) is 0 Å². The molecule has 0 saturated carbocycles. The first-order valence-corrected chi connectivity index (χ1v) is 7.71. The summed E-state index contributed by atoms with van der Waals surface area (Å²) in [6, 6.07) is 23.5. The Morgan fingerprint density at radius 1 is 0.864 bits per heavy atom. The van der Waals surface area contributed by atoms with Crippen LogP contribution in [0.4, 0.5) is 0 Å². The Bertz CT molecular complexity index is 838. The maximum atomic E-state index is 11.5. The van der Waals surface area contributed by atoms with Crippen LogP contribution in [0.3, 0.4) is 0 Å². The summed E-state index contributed by atoms with van der Waals surface area (Å²) in [5.74, 6) is -0.915. The van der Waals surface area contributed by atoms with Crippen LogP contribution in [0, 0.1) is 0 Å². The largest absolute Gasteiger partial charge is 0.477 e. The second-order valence-electron chi connectivity index (χ2n) is 4.84. The predicted octanol–water partition coefficient (Wildman–Crippen LogP) is 5.06. The molecule has 0 saturated heterocycles. The molecule has 0 aliphatic carbocycles. The normalized spacial score (nSPS) is 11.5. The van der Waals surface area contributed by atoms with E-state index in [4.69, 9.17) is 0 Å². The molecule has 0 unspecified atom stereocenters. The van der Waals surface area contributed by atoms with Gasteiger partial charge >= 0.3 is 5.97 Å². The molecule has 0 radical (unpaired) electrons. The van der Waals surface area contributed by atoms with Crippen LogP contribution in [0.15, 0.2) is 82.6 Å². The molecule has 0 aliphatic rings. The first kappa shape index (κ1) is 14.4. The number of hydrogen-bond donors (Lipinski definition) is 1. The van der Waals surface area contributed by atoms with Gasteiger partial charge in [0.05, 0.1) is 4.91 Å². The summed E-state index contributed by atoms with van der Waals surface area (Å²) in [5, 5.41) is 11.7. The zero-order chi connectivity index (χ0) is 15.4. The summed E-state index contributed by atoms with van der Waals surface area (Å²) in [5.41, 5.74) is 0.888. The number of carboxylic acid groups (broad SMARTS) is 1. The van der Waals surface area contributed by atoms with Crippen LogP contribution in [0.25, 0.3) is 16.8 Å². The Morgan fingerprint density at radius 2 is 1.55 bits per heavy atom. The number of carbonyl (C=O) groups is 1. The third-order valence-corrected chi connectivity index (χ3v) is 4.27. The van der Waals surface area contributed by atoms with E-state index in [0.717, 1.165) is 21.2 Å². The number of thioether (sulfide) groups is 1. The van der Waals surface area contributed by atoms with Crippen LogP contribution < -0.4 is 0 Å². The molecule has 0 heterocycles. The molecule has 3 aromatic carbocycles. The predicted molar refractivity (Wildman–Crippen MR) is 91.9 cm³/mol. The van der Waals surface area contributed by atoms with Gasteiger partial charge in [0, 0.05) is 4.90 Å². The highest BCUT2D eigenvalue weighted by Crippen LogP contribution is 2.29. The van der Waals surface area contributed by atoms with Gasteiger partial charge in [-0.15, -0.1) is 0 Å². The number of hydrogen-bond acceptors (Lipinski definition) is 2. The quantitative estimate of drug-likeness (QED) is 0.541. The zero-order valence-corrected chi connectivity index (χ0v) is 12.6. The van der Waals surface area contributed by atoms with E-state index in [0.29, 0.717) is 4.91 Å². The molecule has 0 spiro atoms. The molecule has 0 amide bonds. The topological polar surface area (TPSA) is 37.3 Å². The Labute approximate surface area is 133 Å². The van der Waals surface area contributed by atoms with Crippen LogP contribution in [0.5, 0.6) is 0 Å². The van der Waals surface area contributed by atoms with Crippen molar-refractivity contribution in [2.24, 2.45) is 0 Å². The average molecular weight is 306 g/mol. The summed E-state index contributed by atoms with van der Waals surface area (Å²) < 4.78 is 0. The first-order chi connectivity index (χ1) is 10.7. The van der Waals surface area contributed by atoms with Crippen LogP contribution in [0.2, 0.25) is 0 Å². The average Bonchev–Trinajstić information content (AvgIpc) is 2.55. The maximum Gasteiger partial charge on any atom is 0.342 e. The molecule has 22 heavy (non-hydrogen) atoms. The van der Waals surface area contributed by atoms with E-state index in [9.17, 15) is 9.90 Å². The fraction of sp³-hybridized carbons (Fsp3) is 0. The third-order valence-electron chi connectivity index (χ3n) is 3.25. The van der Waals surface area contributed by atoms with Gasteiger partial charge in [0.15, 0.2) is 0 Å². The van der Waals surface area contributed by atoms with Gasteiger partial charge in [-0.1, -0.05) is 66.4 Å². The van der Waals surface area contributed by atoms with E-state index in [1.165, 1.54) is 11.8 Å². The Balaban J connectivity index is 1.95. The van der Waals surface area contributed by atoms with Crippen molar-refractivity contribution in [3.05, 3.63) is 83.3 Å². The highest BCUT2D eigenvalue weighted by molar-refractivity contribution is 8.04. The summed E-state index contributed by atoms with van der Waals surface area (Å²) >= 11 is 1.26. The van der Waals surface area contributed by atoms with Gasteiger partial charge in [-0.25, -0.2) is 4.79 Å². The summed E-state index contributed by atoms with van der Waals surface area (Å²) in [4.78, 5) is 12.7. The maximum absolute atomic E-state index is 11.5. The van der Waals surface area contributed by atoms with Crippen molar-refractivity contribution < 1.29 is 9.90 Å². The molecule has 0 atom stereocenters.